The van der Waals surface area contributed by atoms with Gasteiger partial charge in [0.25, 0.3) is 0 Å². The lowest BCUT2D eigenvalue weighted by Gasteiger charge is -2.24. The van der Waals surface area contributed by atoms with Gasteiger partial charge in [0, 0.05) is 19.6 Å². The van der Waals surface area contributed by atoms with Crippen molar-refractivity contribution in [3.05, 3.63) is 29.8 Å². The largest absolute Gasteiger partial charge is 0.492 e. The van der Waals surface area contributed by atoms with Crippen molar-refractivity contribution in [1.29, 1.82) is 0 Å². The van der Waals surface area contributed by atoms with Gasteiger partial charge in [0.1, 0.15) is 18.9 Å². The molecule has 0 bridgehead atoms. The van der Waals surface area contributed by atoms with Crippen molar-refractivity contribution in [2.24, 2.45) is 5.92 Å². The number of benzene rings is 1. The first-order valence-electron chi connectivity index (χ1n) is 10.7. The van der Waals surface area contributed by atoms with E-state index in [9.17, 15) is 22.8 Å². The van der Waals surface area contributed by atoms with Crippen molar-refractivity contribution in [2.75, 3.05) is 32.8 Å². The Labute approximate surface area is 186 Å². The number of halogens is 3. The highest BCUT2D eigenvalue weighted by Crippen LogP contribution is 2.15. The van der Waals surface area contributed by atoms with Gasteiger partial charge in [0.05, 0.1) is 6.54 Å². The van der Waals surface area contributed by atoms with Crippen molar-refractivity contribution in [3.8, 4) is 5.75 Å². The smallest absolute Gasteiger partial charge is 0.405 e. The molecule has 0 fully saturated rings. The Morgan fingerprint density at radius 1 is 1.16 bits per heavy atom. The number of carbonyl (C=O) groups excluding carboxylic acids is 1. The van der Waals surface area contributed by atoms with Crippen molar-refractivity contribution >= 4 is 12.0 Å². The van der Waals surface area contributed by atoms with E-state index in [0.717, 1.165) is 12.0 Å². The molecule has 0 saturated carbocycles. The lowest BCUT2D eigenvalue weighted by atomic mass is 10.1. The van der Waals surface area contributed by atoms with Gasteiger partial charge < -0.3 is 24.8 Å². The summed E-state index contributed by atoms with van der Waals surface area (Å²) in [5, 5.41) is 11.1. The second-order valence-electron chi connectivity index (χ2n) is 7.78. The van der Waals surface area contributed by atoms with Crippen LogP contribution in [0.4, 0.5) is 18.0 Å². The molecule has 1 aromatic carbocycles. The fraction of sp³-hybridized carbons (Fsp3) is 0.636. The minimum absolute atomic E-state index is 0.108. The van der Waals surface area contributed by atoms with Gasteiger partial charge in [-0.2, -0.15) is 13.2 Å². The Morgan fingerprint density at radius 3 is 2.34 bits per heavy atom. The number of hydrogen-bond donors (Lipinski definition) is 2. The first-order chi connectivity index (χ1) is 15.0. The lowest BCUT2D eigenvalue weighted by Crippen LogP contribution is -2.45. The number of carboxylic acids is 1. The molecule has 0 aromatic heterocycles. The standard InChI is InChI=1S/C22H33F3N2O5/c1-4-31-19(20(28)29)14-17-7-9-18(10-8-17)32-13-12-27(11-5-6-16(2)3)21(30)26-15-22(23,24)25/h7-10,16,19H,4-6,11-15H2,1-3H3,(H,26,30)(H,28,29). The zero-order chi connectivity index (χ0) is 24.1. The summed E-state index contributed by atoms with van der Waals surface area (Å²) in [4.78, 5) is 24.7. The molecular formula is C22H33F3N2O5. The number of nitrogens with one attached hydrogen (secondary N) is 1. The highest BCUT2D eigenvalue weighted by Gasteiger charge is 2.28. The number of amides is 2. The molecule has 1 rings (SSSR count). The monoisotopic (exact) mass is 462 g/mol. The van der Waals surface area contributed by atoms with Gasteiger partial charge in [-0.3, -0.25) is 0 Å². The number of aliphatic carboxylic acids is 1. The molecule has 0 aliphatic heterocycles. The first kappa shape index (κ1) is 27.5. The van der Waals surface area contributed by atoms with E-state index in [0.29, 0.717) is 31.2 Å². The Hall–Kier alpha value is -2.49. The van der Waals surface area contributed by atoms with Crippen LogP contribution in [0, 0.1) is 5.92 Å². The maximum absolute atomic E-state index is 12.4. The molecule has 0 radical (unpaired) electrons. The Bertz CT molecular complexity index is 696. The second-order valence-corrected chi connectivity index (χ2v) is 7.78. The number of urea groups is 1. The SMILES string of the molecule is CCOC(Cc1ccc(OCCN(CCCC(C)C)C(=O)NCC(F)(F)F)cc1)C(=O)O. The summed E-state index contributed by atoms with van der Waals surface area (Å²) in [5.74, 6) is -0.100. The van der Waals surface area contributed by atoms with Crippen LogP contribution in [0.25, 0.3) is 0 Å². The number of nitrogens with zero attached hydrogens (tertiary/aromatic N) is 1. The maximum atomic E-state index is 12.4. The van der Waals surface area contributed by atoms with E-state index in [4.69, 9.17) is 14.6 Å². The highest BCUT2D eigenvalue weighted by molar-refractivity contribution is 5.74. The van der Waals surface area contributed by atoms with Gasteiger partial charge >= 0.3 is 18.2 Å². The van der Waals surface area contributed by atoms with E-state index in [1.165, 1.54) is 4.90 Å². The van der Waals surface area contributed by atoms with Crippen LogP contribution in [0.3, 0.4) is 0 Å². The average Bonchev–Trinajstić information content (AvgIpc) is 2.71. The Morgan fingerprint density at radius 2 is 1.81 bits per heavy atom. The zero-order valence-electron chi connectivity index (χ0n) is 18.8. The van der Waals surface area contributed by atoms with Crippen molar-refractivity contribution < 1.29 is 37.3 Å². The minimum atomic E-state index is -4.47. The molecule has 1 aromatic rings. The van der Waals surface area contributed by atoms with Crippen LogP contribution in [0.5, 0.6) is 5.75 Å². The molecule has 32 heavy (non-hydrogen) atoms. The van der Waals surface area contributed by atoms with Gasteiger partial charge in [0.2, 0.25) is 0 Å². The number of ether oxygens (including phenoxy) is 2. The average molecular weight is 463 g/mol. The van der Waals surface area contributed by atoms with Gasteiger partial charge in [-0.05, 0) is 43.4 Å². The highest BCUT2D eigenvalue weighted by atomic mass is 19.4. The number of rotatable bonds is 14. The molecule has 0 aliphatic carbocycles. The van der Waals surface area contributed by atoms with Gasteiger partial charge in [-0.25, -0.2) is 9.59 Å². The van der Waals surface area contributed by atoms with Gasteiger partial charge in [-0.15, -0.1) is 0 Å². The molecule has 7 nitrogen and oxygen atoms in total. The summed E-state index contributed by atoms with van der Waals surface area (Å²) in [5.41, 5.74) is 0.764. The quantitative estimate of drug-likeness (QED) is 0.435. The fourth-order valence-electron chi connectivity index (χ4n) is 2.92. The van der Waals surface area contributed by atoms with E-state index >= 15 is 0 Å². The normalized spacial score (nSPS) is 12.5. The van der Waals surface area contributed by atoms with Crippen molar-refractivity contribution in [3.63, 3.8) is 0 Å². The fourth-order valence-corrected chi connectivity index (χ4v) is 2.92. The topological polar surface area (TPSA) is 88.1 Å². The molecule has 1 atom stereocenters. The van der Waals surface area contributed by atoms with Crippen LogP contribution in [-0.2, 0) is 16.0 Å². The van der Waals surface area contributed by atoms with E-state index in [1.54, 1.807) is 31.2 Å². The number of hydrogen-bond acceptors (Lipinski definition) is 4. The molecule has 0 aliphatic rings. The van der Waals surface area contributed by atoms with Crippen LogP contribution in [0.2, 0.25) is 0 Å². The van der Waals surface area contributed by atoms with Crippen LogP contribution in [0.1, 0.15) is 39.2 Å². The summed E-state index contributed by atoms with van der Waals surface area (Å²) < 4.78 is 48.1. The molecule has 0 heterocycles. The van der Waals surface area contributed by atoms with E-state index in [2.05, 4.69) is 0 Å². The third kappa shape index (κ3) is 11.8. The second kappa shape index (κ2) is 13.8. The molecule has 10 heteroatoms. The Balaban J connectivity index is 2.59. The summed E-state index contributed by atoms with van der Waals surface area (Å²) in [7, 11) is 0. The summed E-state index contributed by atoms with van der Waals surface area (Å²) in [6.07, 6.45) is -3.66. The number of carbonyl (C=O) groups is 2. The number of carboxylic acid groups (broad SMARTS) is 1. The van der Waals surface area contributed by atoms with Crippen LogP contribution in [0.15, 0.2) is 24.3 Å². The summed E-state index contributed by atoms with van der Waals surface area (Å²) in [6.45, 7) is 5.28. The molecule has 0 spiro atoms. The van der Waals surface area contributed by atoms with Gasteiger partial charge in [0.15, 0.2) is 6.10 Å². The summed E-state index contributed by atoms with van der Waals surface area (Å²) >= 11 is 0. The third-order valence-corrected chi connectivity index (χ3v) is 4.55. The number of alkyl halides is 3. The molecular weight excluding hydrogens is 429 g/mol. The lowest BCUT2D eigenvalue weighted by molar-refractivity contribution is -0.150. The third-order valence-electron chi connectivity index (χ3n) is 4.55. The molecule has 182 valence electrons. The van der Waals surface area contributed by atoms with Crippen LogP contribution in [-0.4, -0.2) is 67.1 Å². The van der Waals surface area contributed by atoms with E-state index in [-0.39, 0.29) is 19.6 Å². The maximum Gasteiger partial charge on any atom is 0.405 e. The molecule has 2 amide bonds. The predicted octanol–water partition coefficient (Wildman–Crippen LogP) is 4.11. The molecule has 0 saturated heterocycles. The predicted molar refractivity (Wildman–Crippen MR) is 114 cm³/mol. The van der Waals surface area contributed by atoms with Crippen molar-refractivity contribution in [1.82, 2.24) is 10.2 Å². The Kier molecular flexibility index (Phi) is 11.9. The van der Waals surface area contributed by atoms with E-state index < -0.39 is 30.8 Å². The zero-order valence-corrected chi connectivity index (χ0v) is 18.8. The van der Waals surface area contributed by atoms with Crippen molar-refractivity contribution in [2.45, 2.75) is 52.3 Å². The molecule has 1 unspecified atom stereocenters. The molecule has 2 N–H and O–H groups in total. The minimum Gasteiger partial charge on any atom is -0.492 e. The van der Waals surface area contributed by atoms with Crippen LogP contribution < -0.4 is 10.1 Å². The summed E-state index contributed by atoms with van der Waals surface area (Å²) in [6, 6.07) is 6.02. The van der Waals surface area contributed by atoms with Gasteiger partial charge in [-0.1, -0.05) is 26.0 Å². The van der Waals surface area contributed by atoms with E-state index in [1.807, 2.05) is 19.2 Å². The first-order valence-corrected chi connectivity index (χ1v) is 10.7. The van der Waals surface area contributed by atoms with Crippen LogP contribution >= 0.6 is 0 Å².